The minimum atomic E-state index is -2.84. The zero-order valence-corrected chi connectivity index (χ0v) is 19.1. The fourth-order valence-corrected chi connectivity index (χ4v) is 4.35. The molecular weight excluding hydrogens is 477 g/mol. The molecule has 0 radical (unpaired) electrons. The topological polar surface area (TPSA) is 106 Å². The predicted molar refractivity (Wildman–Crippen MR) is 125 cm³/mol. The summed E-state index contributed by atoms with van der Waals surface area (Å²) in [6, 6.07) is 5.03. The Balaban J connectivity index is 1.40. The molecule has 2 fully saturated rings. The number of rotatable bonds is 5. The quantitative estimate of drug-likeness (QED) is 0.434. The largest absolute Gasteiger partial charge is 0.434 e. The van der Waals surface area contributed by atoms with Crippen LogP contribution < -0.4 is 10.2 Å². The van der Waals surface area contributed by atoms with Crippen LogP contribution in [0.25, 0.3) is 33.5 Å². The van der Waals surface area contributed by atoms with E-state index in [4.69, 9.17) is 9.15 Å². The Kier molecular flexibility index (Phi) is 5.47. The lowest BCUT2D eigenvalue weighted by molar-refractivity contribution is -0.117. The molecule has 1 aliphatic carbocycles. The van der Waals surface area contributed by atoms with E-state index in [0.29, 0.717) is 41.9 Å². The van der Waals surface area contributed by atoms with Crippen LogP contribution in [-0.2, 0) is 9.53 Å². The molecule has 186 valence electrons. The molecule has 12 heteroatoms. The fourth-order valence-electron chi connectivity index (χ4n) is 4.35. The van der Waals surface area contributed by atoms with Crippen LogP contribution in [0.5, 0.6) is 0 Å². The molecule has 3 atom stereocenters. The van der Waals surface area contributed by atoms with Crippen LogP contribution in [0.2, 0.25) is 0 Å². The molecule has 1 aliphatic heterocycles. The maximum absolute atomic E-state index is 13.7. The summed E-state index contributed by atoms with van der Waals surface area (Å²) >= 11 is 0. The number of anilines is 2. The molecule has 0 spiro atoms. The number of ether oxygens (including phenoxy) is 1. The third-order valence-corrected chi connectivity index (χ3v) is 6.34. The van der Waals surface area contributed by atoms with E-state index in [1.165, 1.54) is 18.5 Å². The van der Waals surface area contributed by atoms with E-state index in [1.54, 1.807) is 6.07 Å². The molecule has 36 heavy (non-hydrogen) atoms. The standard InChI is InChI=1S/C24H21F3N6O3/c1-11-10-33(4-5-35-11)19-3-2-17-22(31-19)32-24(36-17)15-9-29-20(21(26)27)14-8-28-18(7-12(14)15)30-23(34)13-6-16(13)25/h2-3,7-9,11,13,16,21H,4-6,10H2,1H3,(H,28,30,34)/t11-,13-,16+/m1/s1. The molecule has 0 bridgehead atoms. The van der Waals surface area contributed by atoms with Crippen molar-refractivity contribution in [2.24, 2.45) is 5.92 Å². The van der Waals surface area contributed by atoms with Gasteiger partial charge in [0.15, 0.2) is 5.58 Å². The summed E-state index contributed by atoms with van der Waals surface area (Å²) < 4.78 is 52.1. The zero-order chi connectivity index (χ0) is 25.0. The van der Waals surface area contributed by atoms with Crippen LogP contribution in [0.1, 0.15) is 25.5 Å². The van der Waals surface area contributed by atoms with Gasteiger partial charge in [0.1, 0.15) is 23.5 Å². The number of alkyl halides is 3. The summed E-state index contributed by atoms with van der Waals surface area (Å²) in [5.74, 6) is -0.248. The van der Waals surface area contributed by atoms with E-state index < -0.39 is 30.1 Å². The molecule has 4 aromatic heterocycles. The van der Waals surface area contributed by atoms with Gasteiger partial charge in [-0.05, 0) is 31.5 Å². The van der Waals surface area contributed by atoms with Crippen molar-refractivity contribution in [3.8, 4) is 11.5 Å². The maximum Gasteiger partial charge on any atom is 0.281 e. The van der Waals surface area contributed by atoms with Gasteiger partial charge in [-0.3, -0.25) is 9.78 Å². The van der Waals surface area contributed by atoms with Crippen molar-refractivity contribution < 1.29 is 27.1 Å². The van der Waals surface area contributed by atoms with Crippen LogP contribution >= 0.6 is 0 Å². The number of aromatic nitrogens is 4. The summed E-state index contributed by atoms with van der Waals surface area (Å²) in [5.41, 5.74) is 0.661. The number of morpholine rings is 1. The highest BCUT2D eigenvalue weighted by Crippen LogP contribution is 2.37. The molecule has 0 aromatic carbocycles. The van der Waals surface area contributed by atoms with E-state index in [0.717, 1.165) is 5.82 Å². The molecular formula is C24H21F3N6O3. The molecule has 1 amide bonds. The maximum atomic E-state index is 13.7. The van der Waals surface area contributed by atoms with Gasteiger partial charge in [-0.1, -0.05) is 0 Å². The lowest BCUT2D eigenvalue weighted by Gasteiger charge is -2.31. The number of carbonyl (C=O) groups is 1. The Labute approximate surface area is 202 Å². The van der Waals surface area contributed by atoms with Gasteiger partial charge >= 0.3 is 0 Å². The van der Waals surface area contributed by atoms with Gasteiger partial charge in [0, 0.05) is 36.3 Å². The number of hydrogen-bond acceptors (Lipinski definition) is 8. The number of fused-ring (bicyclic) bond motifs is 2. The lowest BCUT2D eigenvalue weighted by atomic mass is 10.1. The van der Waals surface area contributed by atoms with Crippen molar-refractivity contribution >= 4 is 39.5 Å². The summed E-state index contributed by atoms with van der Waals surface area (Å²) in [4.78, 5) is 31.4. The summed E-state index contributed by atoms with van der Waals surface area (Å²) in [6.07, 6.45) is -1.32. The van der Waals surface area contributed by atoms with Crippen molar-refractivity contribution in [1.29, 1.82) is 0 Å². The van der Waals surface area contributed by atoms with Crippen molar-refractivity contribution in [3.63, 3.8) is 0 Å². The lowest BCUT2D eigenvalue weighted by Crippen LogP contribution is -2.41. The number of nitrogens with zero attached hydrogens (tertiary/aromatic N) is 5. The predicted octanol–water partition coefficient (Wildman–Crippen LogP) is 4.29. The summed E-state index contributed by atoms with van der Waals surface area (Å²) in [7, 11) is 0. The Morgan fingerprint density at radius 1 is 1.19 bits per heavy atom. The first-order valence-corrected chi connectivity index (χ1v) is 11.5. The van der Waals surface area contributed by atoms with Crippen LogP contribution in [0.4, 0.5) is 24.8 Å². The third kappa shape index (κ3) is 4.11. The van der Waals surface area contributed by atoms with Crippen LogP contribution in [0.3, 0.4) is 0 Å². The van der Waals surface area contributed by atoms with Crippen molar-refractivity contribution in [2.45, 2.75) is 32.0 Å². The highest BCUT2D eigenvalue weighted by molar-refractivity contribution is 6.00. The average molecular weight is 498 g/mol. The molecule has 6 rings (SSSR count). The van der Waals surface area contributed by atoms with E-state index in [2.05, 4.69) is 30.2 Å². The van der Waals surface area contributed by atoms with Crippen LogP contribution in [0.15, 0.2) is 35.0 Å². The number of carbonyl (C=O) groups excluding carboxylic acids is 1. The molecule has 1 saturated heterocycles. The van der Waals surface area contributed by atoms with Gasteiger partial charge in [-0.15, -0.1) is 0 Å². The number of pyridine rings is 3. The second-order valence-corrected chi connectivity index (χ2v) is 8.96. The minimum absolute atomic E-state index is 0.0777. The van der Waals surface area contributed by atoms with E-state index in [1.807, 2.05) is 13.0 Å². The van der Waals surface area contributed by atoms with Gasteiger partial charge in [-0.2, -0.15) is 4.98 Å². The number of oxazole rings is 1. The minimum Gasteiger partial charge on any atom is -0.434 e. The van der Waals surface area contributed by atoms with Gasteiger partial charge in [0.2, 0.25) is 17.4 Å². The number of halogens is 3. The average Bonchev–Trinajstić information content (AvgIpc) is 3.45. The van der Waals surface area contributed by atoms with Gasteiger partial charge in [0.05, 0.1) is 24.2 Å². The first kappa shape index (κ1) is 22.7. The zero-order valence-electron chi connectivity index (χ0n) is 19.1. The Morgan fingerprint density at radius 3 is 2.78 bits per heavy atom. The first-order valence-electron chi connectivity index (χ1n) is 11.5. The van der Waals surface area contributed by atoms with Crippen LogP contribution in [-0.4, -0.2) is 57.8 Å². The Bertz CT molecular complexity index is 1480. The molecule has 1 saturated carbocycles. The van der Waals surface area contributed by atoms with Crippen molar-refractivity contribution in [1.82, 2.24) is 19.9 Å². The van der Waals surface area contributed by atoms with Gasteiger partial charge in [0.25, 0.3) is 6.43 Å². The monoisotopic (exact) mass is 498 g/mol. The van der Waals surface area contributed by atoms with Crippen LogP contribution in [0, 0.1) is 5.92 Å². The normalized spacial score (nSPS) is 21.9. The number of hydrogen-bond donors (Lipinski definition) is 1. The molecule has 5 heterocycles. The fraction of sp³-hybridized carbons (Fsp3) is 0.375. The van der Waals surface area contributed by atoms with E-state index >= 15 is 0 Å². The van der Waals surface area contributed by atoms with Crippen molar-refractivity contribution in [3.05, 3.63) is 36.3 Å². The first-order chi connectivity index (χ1) is 17.4. The van der Waals surface area contributed by atoms with E-state index in [-0.39, 0.29) is 29.6 Å². The summed E-state index contributed by atoms with van der Waals surface area (Å²) in [6.45, 7) is 3.98. The Hall–Kier alpha value is -3.80. The number of amides is 1. The highest BCUT2D eigenvalue weighted by Gasteiger charge is 2.43. The van der Waals surface area contributed by atoms with Gasteiger partial charge in [-0.25, -0.2) is 23.1 Å². The Morgan fingerprint density at radius 2 is 2.03 bits per heavy atom. The van der Waals surface area contributed by atoms with E-state index in [9.17, 15) is 18.0 Å². The molecule has 4 aromatic rings. The SMILES string of the molecule is C[C@@H]1CN(c2ccc3oc(-c4cnc(C(F)F)c5cnc(NC(=O)[C@@H]6C[C@@H]6F)cc45)nc3n2)CCO1. The molecule has 0 unspecified atom stereocenters. The highest BCUT2D eigenvalue weighted by atomic mass is 19.3. The molecule has 2 aliphatic rings. The van der Waals surface area contributed by atoms with Crippen molar-refractivity contribution in [2.75, 3.05) is 29.9 Å². The third-order valence-electron chi connectivity index (χ3n) is 6.34. The molecule has 9 nitrogen and oxygen atoms in total. The second kappa shape index (κ2) is 8.70. The molecule has 1 N–H and O–H groups in total. The smallest absolute Gasteiger partial charge is 0.281 e. The number of nitrogens with one attached hydrogen (secondary N) is 1. The van der Waals surface area contributed by atoms with Gasteiger partial charge < -0.3 is 19.4 Å². The summed E-state index contributed by atoms with van der Waals surface area (Å²) in [5, 5.41) is 2.95. The second-order valence-electron chi connectivity index (χ2n) is 8.96.